The summed E-state index contributed by atoms with van der Waals surface area (Å²) >= 11 is 0. The highest BCUT2D eigenvalue weighted by atomic mass is 32.2. The lowest BCUT2D eigenvalue weighted by Crippen LogP contribution is -2.35. The highest BCUT2D eigenvalue weighted by molar-refractivity contribution is 7.92. The van der Waals surface area contributed by atoms with Crippen LogP contribution in [0.4, 0.5) is 11.4 Å². The number of rotatable bonds is 5. The number of amides is 1. The van der Waals surface area contributed by atoms with Gasteiger partial charge in [0, 0.05) is 18.3 Å². The van der Waals surface area contributed by atoms with Crippen LogP contribution in [0.1, 0.15) is 22.5 Å². The summed E-state index contributed by atoms with van der Waals surface area (Å²) in [6, 6.07) is 18.5. The van der Waals surface area contributed by atoms with Gasteiger partial charge >= 0.3 is 0 Å². The van der Waals surface area contributed by atoms with Crippen molar-refractivity contribution in [1.82, 2.24) is 5.16 Å². The summed E-state index contributed by atoms with van der Waals surface area (Å²) in [5.74, 6) is 0.397. The fourth-order valence-electron chi connectivity index (χ4n) is 3.72. The summed E-state index contributed by atoms with van der Waals surface area (Å²) < 4.78 is 38.1. The Labute approximate surface area is 184 Å². The maximum Gasteiger partial charge on any atom is 0.277 e. The van der Waals surface area contributed by atoms with Crippen LogP contribution in [-0.2, 0) is 16.4 Å². The first-order valence-corrected chi connectivity index (χ1v) is 11.5. The number of carbonyl (C=O) groups excluding carboxylic acids is 1. The van der Waals surface area contributed by atoms with Crippen LogP contribution in [0.3, 0.4) is 0 Å². The molecule has 5 rings (SSSR count). The molecule has 0 saturated carbocycles. The fourth-order valence-corrected chi connectivity index (χ4v) is 5.28. The van der Waals surface area contributed by atoms with E-state index in [-0.39, 0.29) is 10.6 Å². The number of hydrogen-bond acceptors (Lipinski definition) is 6. The molecule has 0 radical (unpaired) electrons. The number of benzene rings is 2. The lowest BCUT2D eigenvalue weighted by Gasteiger charge is -2.30. The van der Waals surface area contributed by atoms with E-state index < -0.39 is 15.9 Å². The third-order valence-electron chi connectivity index (χ3n) is 5.25. The first-order valence-electron chi connectivity index (χ1n) is 10.0. The van der Waals surface area contributed by atoms with Gasteiger partial charge in [0.2, 0.25) is 5.76 Å². The minimum Gasteiger partial charge on any atom is -0.461 e. The van der Waals surface area contributed by atoms with E-state index >= 15 is 0 Å². The van der Waals surface area contributed by atoms with E-state index in [0.717, 1.165) is 5.56 Å². The number of fused-ring (bicyclic) bond motifs is 1. The summed E-state index contributed by atoms with van der Waals surface area (Å²) in [5.41, 5.74) is 2.14. The molecule has 0 bridgehead atoms. The van der Waals surface area contributed by atoms with Gasteiger partial charge in [0.15, 0.2) is 11.5 Å². The average Bonchev–Trinajstić information content (AvgIpc) is 3.51. The molecule has 0 saturated heterocycles. The number of hydrogen-bond donors (Lipinski definition) is 1. The minimum atomic E-state index is -3.66. The lowest BCUT2D eigenvalue weighted by molar-refractivity contribution is 0.101. The summed E-state index contributed by atoms with van der Waals surface area (Å²) in [7, 11) is -3.66. The van der Waals surface area contributed by atoms with E-state index in [1.807, 2.05) is 0 Å². The molecule has 0 unspecified atom stereocenters. The van der Waals surface area contributed by atoms with E-state index in [0.29, 0.717) is 42.3 Å². The van der Waals surface area contributed by atoms with E-state index in [2.05, 4.69) is 10.5 Å². The van der Waals surface area contributed by atoms with Gasteiger partial charge in [-0.2, -0.15) is 0 Å². The van der Waals surface area contributed by atoms with Gasteiger partial charge in [0.1, 0.15) is 0 Å². The molecule has 2 aromatic carbocycles. The molecule has 1 aliphatic rings. The number of sulfonamides is 1. The molecule has 0 fully saturated rings. The Morgan fingerprint density at radius 2 is 1.84 bits per heavy atom. The zero-order valence-corrected chi connectivity index (χ0v) is 17.7. The molecule has 0 atom stereocenters. The number of carbonyl (C=O) groups is 1. The van der Waals surface area contributed by atoms with Crippen LogP contribution in [0.15, 0.2) is 86.8 Å². The van der Waals surface area contributed by atoms with Gasteiger partial charge in [-0.15, -0.1) is 0 Å². The molecule has 8 nitrogen and oxygen atoms in total. The second-order valence-corrected chi connectivity index (χ2v) is 9.21. The Morgan fingerprint density at radius 1 is 1.00 bits per heavy atom. The fraction of sp³-hybridized carbons (Fsp3) is 0.130. The molecule has 0 spiro atoms. The Morgan fingerprint density at radius 3 is 2.62 bits per heavy atom. The minimum absolute atomic E-state index is 0.113. The van der Waals surface area contributed by atoms with Crippen molar-refractivity contribution in [1.29, 1.82) is 0 Å². The maximum absolute atomic E-state index is 13.1. The highest BCUT2D eigenvalue weighted by Gasteiger charge is 2.29. The van der Waals surface area contributed by atoms with Crippen molar-refractivity contribution in [2.24, 2.45) is 0 Å². The topological polar surface area (TPSA) is 106 Å². The standard InChI is InChI=1S/C23H19N3O5S/c27-23(19-15-22(31-25-19)21-9-5-13-30-21)24-17-10-11-20-16(14-17)6-4-12-26(20)32(28,29)18-7-2-1-3-8-18/h1-3,5,7-11,13-15H,4,6,12H2,(H,24,27). The lowest BCUT2D eigenvalue weighted by atomic mass is 10.0. The number of nitrogens with one attached hydrogen (secondary N) is 1. The predicted octanol–water partition coefficient (Wildman–Crippen LogP) is 4.33. The molecular formula is C23H19N3O5S. The molecule has 3 heterocycles. The van der Waals surface area contributed by atoms with E-state index in [1.54, 1.807) is 60.7 Å². The molecule has 1 N–H and O–H groups in total. The Kier molecular flexibility index (Phi) is 5.02. The van der Waals surface area contributed by atoms with Crippen molar-refractivity contribution in [3.63, 3.8) is 0 Å². The SMILES string of the molecule is O=C(Nc1ccc2c(c1)CCCN2S(=O)(=O)c1ccccc1)c1cc(-c2ccco2)on1. The van der Waals surface area contributed by atoms with Crippen molar-refractivity contribution in [3.05, 3.63) is 84.3 Å². The Hall–Kier alpha value is -3.85. The first-order chi connectivity index (χ1) is 15.5. The van der Waals surface area contributed by atoms with E-state index in [4.69, 9.17) is 8.94 Å². The zero-order chi connectivity index (χ0) is 22.1. The van der Waals surface area contributed by atoms with Crippen LogP contribution in [0, 0.1) is 0 Å². The number of furan rings is 1. The predicted molar refractivity (Wildman–Crippen MR) is 118 cm³/mol. The van der Waals surface area contributed by atoms with Gasteiger partial charge in [0.05, 0.1) is 16.8 Å². The summed E-state index contributed by atoms with van der Waals surface area (Å²) in [6.45, 7) is 0.407. The molecule has 162 valence electrons. The first kappa shape index (κ1) is 20.1. The van der Waals surface area contributed by atoms with Gasteiger partial charge in [0.25, 0.3) is 15.9 Å². The Bertz CT molecular complexity index is 1360. The molecule has 0 aliphatic carbocycles. The van der Waals surface area contributed by atoms with Gasteiger partial charge in [-0.25, -0.2) is 8.42 Å². The van der Waals surface area contributed by atoms with Crippen LogP contribution >= 0.6 is 0 Å². The number of nitrogens with zero attached hydrogens (tertiary/aromatic N) is 2. The second kappa shape index (κ2) is 8.01. The van der Waals surface area contributed by atoms with Gasteiger partial charge in [-0.1, -0.05) is 23.4 Å². The number of anilines is 2. The average molecular weight is 449 g/mol. The Balaban J connectivity index is 1.38. The van der Waals surface area contributed by atoms with E-state index in [9.17, 15) is 13.2 Å². The molecule has 2 aromatic heterocycles. The van der Waals surface area contributed by atoms with Crippen molar-refractivity contribution in [3.8, 4) is 11.5 Å². The molecule has 1 aliphatic heterocycles. The number of aromatic nitrogens is 1. The van der Waals surface area contributed by atoms with Gasteiger partial charge < -0.3 is 14.3 Å². The number of aryl methyl sites for hydroxylation is 1. The quantitative estimate of drug-likeness (QED) is 0.486. The maximum atomic E-state index is 13.1. The van der Waals surface area contributed by atoms with Gasteiger partial charge in [-0.05, 0) is 60.9 Å². The van der Waals surface area contributed by atoms with Crippen molar-refractivity contribution in [2.45, 2.75) is 17.7 Å². The van der Waals surface area contributed by atoms with E-state index in [1.165, 1.54) is 16.6 Å². The normalized spacial score (nSPS) is 13.6. The summed E-state index contributed by atoms with van der Waals surface area (Å²) in [5, 5.41) is 6.59. The zero-order valence-electron chi connectivity index (χ0n) is 16.9. The third-order valence-corrected chi connectivity index (χ3v) is 7.08. The largest absolute Gasteiger partial charge is 0.461 e. The van der Waals surface area contributed by atoms with Crippen molar-refractivity contribution in [2.75, 3.05) is 16.2 Å². The summed E-state index contributed by atoms with van der Waals surface area (Å²) in [4.78, 5) is 12.9. The van der Waals surface area contributed by atoms with Crippen LogP contribution < -0.4 is 9.62 Å². The van der Waals surface area contributed by atoms with Crippen LogP contribution in [0.25, 0.3) is 11.5 Å². The third kappa shape index (κ3) is 3.67. The molecule has 9 heteroatoms. The smallest absolute Gasteiger partial charge is 0.277 e. The van der Waals surface area contributed by atoms with Crippen molar-refractivity contribution < 1.29 is 22.2 Å². The molecular weight excluding hydrogens is 430 g/mol. The van der Waals surface area contributed by atoms with Crippen LogP contribution in [-0.4, -0.2) is 26.0 Å². The monoisotopic (exact) mass is 449 g/mol. The highest BCUT2D eigenvalue weighted by Crippen LogP contribution is 2.34. The molecule has 4 aromatic rings. The molecule has 32 heavy (non-hydrogen) atoms. The second-order valence-electron chi connectivity index (χ2n) is 7.35. The van der Waals surface area contributed by atoms with Crippen LogP contribution in [0.5, 0.6) is 0 Å². The molecule has 1 amide bonds. The van der Waals surface area contributed by atoms with Crippen molar-refractivity contribution >= 4 is 27.3 Å². The van der Waals surface area contributed by atoms with Crippen LogP contribution in [0.2, 0.25) is 0 Å². The summed E-state index contributed by atoms with van der Waals surface area (Å²) in [6.07, 6.45) is 2.91. The van der Waals surface area contributed by atoms with Gasteiger partial charge in [-0.3, -0.25) is 9.10 Å².